The second kappa shape index (κ2) is 9.38. The summed E-state index contributed by atoms with van der Waals surface area (Å²) in [6.45, 7) is 0.467. The number of hydrogen-bond donors (Lipinski definition) is 2. The SMILES string of the molecule is O=C(/C=C/c1ccc(OCc2ccc3ccccc3c2)cc1)c1cc(-c2nn[nH]n2)ccc1O. The van der Waals surface area contributed by atoms with E-state index in [2.05, 4.69) is 51.0 Å². The van der Waals surface area contributed by atoms with Crippen molar-refractivity contribution in [3.63, 3.8) is 0 Å². The maximum absolute atomic E-state index is 12.6. The van der Waals surface area contributed by atoms with E-state index in [0.29, 0.717) is 18.0 Å². The second-order valence-corrected chi connectivity index (χ2v) is 7.70. The number of aromatic nitrogens is 4. The number of aromatic amines is 1. The van der Waals surface area contributed by atoms with Crippen LogP contribution in [0.1, 0.15) is 21.5 Å². The first-order valence-electron chi connectivity index (χ1n) is 10.7. The number of phenols is 1. The maximum Gasteiger partial charge on any atom is 0.204 e. The Hall–Kier alpha value is -4.78. The minimum atomic E-state index is -0.334. The molecule has 34 heavy (non-hydrogen) atoms. The Bertz CT molecular complexity index is 1480. The van der Waals surface area contributed by atoms with Gasteiger partial charge < -0.3 is 9.84 Å². The third-order valence-corrected chi connectivity index (χ3v) is 5.39. The molecule has 0 bridgehead atoms. The summed E-state index contributed by atoms with van der Waals surface area (Å²) in [4.78, 5) is 12.6. The van der Waals surface area contributed by atoms with Crippen LogP contribution in [0.25, 0.3) is 28.2 Å². The molecular formula is C27H20N4O3. The van der Waals surface area contributed by atoms with Crippen molar-refractivity contribution in [2.45, 2.75) is 6.61 Å². The van der Waals surface area contributed by atoms with Crippen LogP contribution in [-0.4, -0.2) is 31.5 Å². The molecule has 7 nitrogen and oxygen atoms in total. The molecule has 0 fully saturated rings. The summed E-state index contributed by atoms with van der Waals surface area (Å²) in [7, 11) is 0. The predicted octanol–water partition coefficient (Wildman–Crippen LogP) is 5.20. The number of carbonyl (C=O) groups is 1. The van der Waals surface area contributed by atoms with Gasteiger partial charge in [-0.05, 0) is 69.6 Å². The first kappa shape index (κ1) is 21.1. The van der Waals surface area contributed by atoms with Crippen LogP contribution in [0.5, 0.6) is 11.5 Å². The molecule has 0 saturated carbocycles. The lowest BCUT2D eigenvalue weighted by atomic mass is 10.0. The third kappa shape index (κ3) is 4.68. The van der Waals surface area contributed by atoms with Crippen LogP contribution in [0.2, 0.25) is 0 Å². The van der Waals surface area contributed by atoms with Crippen molar-refractivity contribution >= 4 is 22.6 Å². The first-order valence-corrected chi connectivity index (χ1v) is 10.7. The first-order chi connectivity index (χ1) is 16.7. The molecule has 5 rings (SSSR count). The van der Waals surface area contributed by atoms with E-state index in [0.717, 1.165) is 16.9 Å². The molecule has 0 aliphatic rings. The minimum absolute atomic E-state index is 0.112. The number of H-pyrrole nitrogens is 1. The zero-order valence-corrected chi connectivity index (χ0v) is 18.1. The van der Waals surface area contributed by atoms with Crippen LogP contribution >= 0.6 is 0 Å². The van der Waals surface area contributed by atoms with Crippen molar-refractivity contribution in [2.24, 2.45) is 0 Å². The van der Waals surface area contributed by atoms with Crippen LogP contribution in [0.4, 0.5) is 0 Å². The van der Waals surface area contributed by atoms with Gasteiger partial charge in [0.05, 0.1) is 5.56 Å². The summed E-state index contributed by atoms with van der Waals surface area (Å²) in [5.74, 6) is 0.637. The van der Waals surface area contributed by atoms with Gasteiger partial charge in [-0.2, -0.15) is 5.21 Å². The third-order valence-electron chi connectivity index (χ3n) is 5.39. The molecule has 0 unspecified atom stereocenters. The highest BCUT2D eigenvalue weighted by atomic mass is 16.5. The molecule has 5 aromatic rings. The quantitative estimate of drug-likeness (QED) is 0.262. The Morgan fingerprint density at radius 2 is 1.76 bits per heavy atom. The number of aromatic hydroxyl groups is 1. The van der Waals surface area contributed by atoms with Gasteiger partial charge in [-0.25, -0.2) is 0 Å². The largest absolute Gasteiger partial charge is 0.507 e. The number of hydrogen-bond acceptors (Lipinski definition) is 6. The molecule has 1 aromatic heterocycles. The van der Waals surface area contributed by atoms with E-state index in [1.807, 2.05) is 36.4 Å². The zero-order valence-electron chi connectivity index (χ0n) is 18.1. The normalized spacial score (nSPS) is 11.2. The molecule has 0 atom stereocenters. The van der Waals surface area contributed by atoms with Crippen LogP contribution in [-0.2, 0) is 6.61 Å². The van der Waals surface area contributed by atoms with Crippen molar-refractivity contribution in [1.82, 2.24) is 20.6 Å². The smallest absolute Gasteiger partial charge is 0.204 e. The van der Waals surface area contributed by atoms with Gasteiger partial charge in [-0.3, -0.25) is 4.79 Å². The number of fused-ring (bicyclic) bond motifs is 1. The van der Waals surface area contributed by atoms with E-state index in [1.54, 1.807) is 12.1 Å². The van der Waals surface area contributed by atoms with Gasteiger partial charge in [0.1, 0.15) is 18.1 Å². The number of tetrazole rings is 1. The van der Waals surface area contributed by atoms with Crippen LogP contribution in [0, 0.1) is 0 Å². The summed E-state index contributed by atoms with van der Waals surface area (Å²) >= 11 is 0. The van der Waals surface area contributed by atoms with Gasteiger partial charge in [0.15, 0.2) is 5.78 Å². The highest BCUT2D eigenvalue weighted by molar-refractivity contribution is 6.09. The average Bonchev–Trinajstić information content (AvgIpc) is 3.42. The molecule has 7 heteroatoms. The summed E-state index contributed by atoms with van der Waals surface area (Å²) in [5, 5.41) is 26.2. The number of allylic oxidation sites excluding steroid dienone is 1. The molecule has 0 aliphatic heterocycles. The van der Waals surface area contributed by atoms with Gasteiger partial charge in [0.2, 0.25) is 5.82 Å². The summed E-state index contributed by atoms with van der Waals surface area (Å²) < 4.78 is 5.91. The van der Waals surface area contributed by atoms with Gasteiger partial charge in [0, 0.05) is 5.56 Å². The van der Waals surface area contributed by atoms with Crippen molar-refractivity contribution in [2.75, 3.05) is 0 Å². The average molecular weight is 448 g/mol. The molecule has 0 radical (unpaired) electrons. The Kier molecular flexibility index (Phi) is 5.82. The molecule has 0 spiro atoms. The highest BCUT2D eigenvalue weighted by Gasteiger charge is 2.12. The fourth-order valence-electron chi connectivity index (χ4n) is 3.59. The molecular weight excluding hydrogens is 428 g/mol. The maximum atomic E-state index is 12.6. The van der Waals surface area contributed by atoms with Crippen LogP contribution < -0.4 is 4.74 Å². The number of phenolic OH excluding ortho intramolecular Hbond substituents is 1. The van der Waals surface area contributed by atoms with E-state index in [4.69, 9.17) is 4.74 Å². The van der Waals surface area contributed by atoms with Gasteiger partial charge in [0.25, 0.3) is 0 Å². The van der Waals surface area contributed by atoms with E-state index in [-0.39, 0.29) is 17.1 Å². The topological polar surface area (TPSA) is 101 Å². The number of benzene rings is 4. The lowest BCUT2D eigenvalue weighted by Gasteiger charge is -2.08. The monoisotopic (exact) mass is 448 g/mol. The van der Waals surface area contributed by atoms with Crippen molar-refractivity contribution in [1.29, 1.82) is 0 Å². The molecule has 4 aromatic carbocycles. The van der Waals surface area contributed by atoms with E-state index >= 15 is 0 Å². The number of nitrogens with zero attached hydrogens (tertiary/aromatic N) is 3. The standard InChI is InChI=1S/C27H20N4O3/c32-25(24-16-22(10-14-26(24)33)27-28-30-31-29-27)13-8-18-6-11-23(12-7-18)34-17-19-5-9-20-3-1-2-4-21(20)15-19/h1-16,33H,17H2,(H,28,29,30,31)/b13-8+. The summed E-state index contributed by atoms with van der Waals surface area (Å²) in [6.07, 6.45) is 3.11. The van der Waals surface area contributed by atoms with E-state index in [9.17, 15) is 9.90 Å². The molecule has 0 aliphatic carbocycles. The molecule has 0 amide bonds. The fourth-order valence-corrected chi connectivity index (χ4v) is 3.59. The highest BCUT2D eigenvalue weighted by Crippen LogP contribution is 2.25. The van der Waals surface area contributed by atoms with E-state index in [1.165, 1.54) is 29.0 Å². The predicted molar refractivity (Wildman–Crippen MR) is 129 cm³/mol. The Balaban J connectivity index is 1.23. The summed E-state index contributed by atoms with van der Waals surface area (Å²) in [5.41, 5.74) is 2.67. The number of nitrogens with one attached hydrogen (secondary N) is 1. The lowest BCUT2D eigenvalue weighted by molar-refractivity contribution is 0.104. The minimum Gasteiger partial charge on any atom is -0.507 e. The summed E-state index contributed by atoms with van der Waals surface area (Å²) in [6, 6.07) is 26.6. The van der Waals surface area contributed by atoms with E-state index < -0.39 is 0 Å². The molecule has 1 heterocycles. The number of carbonyl (C=O) groups excluding carboxylic acids is 1. The fraction of sp³-hybridized carbons (Fsp3) is 0.0370. The van der Waals surface area contributed by atoms with Crippen molar-refractivity contribution < 1.29 is 14.6 Å². The van der Waals surface area contributed by atoms with Crippen LogP contribution in [0.15, 0.2) is 91.0 Å². The van der Waals surface area contributed by atoms with Crippen molar-refractivity contribution in [3.05, 3.63) is 108 Å². The second-order valence-electron chi connectivity index (χ2n) is 7.70. The van der Waals surface area contributed by atoms with Crippen molar-refractivity contribution in [3.8, 4) is 22.9 Å². The van der Waals surface area contributed by atoms with Gasteiger partial charge in [-0.1, -0.05) is 54.6 Å². The van der Waals surface area contributed by atoms with Gasteiger partial charge >= 0.3 is 0 Å². The van der Waals surface area contributed by atoms with Crippen LogP contribution in [0.3, 0.4) is 0 Å². The number of rotatable bonds is 7. The molecule has 166 valence electrons. The molecule has 2 N–H and O–H groups in total. The van der Waals surface area contributed by atoms with Gasteiger partial charge in [-0.15, -0.1) is 10.2 Å². The lowest BCUT2D eigenvalue weighted by Crippen LogP contribution is -1.96. The number of ketones is 1. The Labute approximate surface area is 195 Å². The Morgan fingerprint density at radius 1 is 0.941 bits per heavy atom. The zero-order chi connectivity index (χ0) is 23.3. The molecule has 0 saturated heterocycles. The number of ether oxygens (including phenoxy) is 1. The Morgan fingerprint density at radius 3 is 2.56 bits per heavy atom.